The molecule has 0 saturated carbocycles. The minimum atomic E-state index is -0.0601. The fourth-order valence-electron chi connectivity index (χ4n) is 3.83. The van der Waals surface area contributed by atoms with Gasteiger partial charge in [0, 0.05) is 6.61 Å². The molecule has 2 heteroatoms. The summed E-state index contributed by atoms with van der Waals surface area (Å²) in [5.41, 5.74) is 0. The fourth-order valence-corrected chi connectivity index (χ4v) is 3.83. The molecule has 27 heavy (non-hydrogen) atoms. The molecule has 0 aliphatic heterocycles. The van der Waals surface area contributed by atoms with Crippen molar-refractivity contribution in [1.29, 1.82) is 0 Å². The van der Waals surface area contributed by atoms with E-state index in [0.717, 1.165) is 25.2 Å². The molecule has 0 rings (SSSR count). The maximum absolute atomic E-state index is 10.1. The van der Waals surface area contributed by atoms with Gasteiger partial charge in [-0.3, -0.25) is 0 Å². The Balaban J connectivity index is 3.16. The summed E-state index contributed by atoms with van der Waals surface area (Å²) in [6.07, 6.45) is 25.4. The molecular formula is C25H52O2. The Morgan fingerprint density at radius 3 is 1.22 bits per heavy atom. The van der Waals surface area contributed by atoms with Crippen LogP contribution in [-0.4, -0.2) is 22.9 Å². The molecule has 0 spiro atoms. The highest BCUT2D eigenvalue weighted by Gasteiger charge is 2.04. The SMILES string of the molecule is CCC(C)CCCCCCCCCCC(O)CCCCCCCCCCO. The van der Waals surface area contributed by atoms with Crippen LogP contribution < -0.4 is 0 Å². The van der Waals surface area contributed by atoms with Crippen LogP contribution in [0.5, 0.6) is 0 Å². The molecule has 2 atom stereocenters. The Hall–Kier alpha value is -0.0800. The molecule has 0 heterocycles. The van der Waals surface area contributed by atoms with Gasteiger partial charge in [0.2, 0.25) is 0 Å². The summed E-state index contributed by atoms with van der Waals surface area (Å²) in [7, 11) is 0. The van der Waals surface area contributed by atoms with Gasteiger partial charge in [-0.2, -0.15) is 0 Å². The van der Waals surface area contributed by atoms with E-state index in [2.05, 4.69) is 13.8 Å². The maximum Gasteiger partial charge on any atom is 0.0540 e. The van der Waals surface area contributed by atoms with E-state index in [1.165, 1.54) is 109 Å². The van der Waals surface area contributed by atoms with E-state index in [4.69, 9.17) is 5.11 Å². The first kappa shape index (κ1) is 26.9. The maximum atomic E-state index is 10.1. The van der Waals surface area contributed by atoms with Crippen LogP contribution in [0.15, 0.2) is 0 Å². The average Bonchev–Trinajstić information content (AvgIpc) is 2.67. The van der Waals surface area contributed by atoms with Crippen molar-refractivity contribution in [2.75, 3.05) is 6.61 Å². The van der Waals surface area contributed by atoms with Crippen LogP contribution in [0.2, 0.25) is 0 Å². The van der Waals surface area contributed by atoms with Crippen LogP contribution in [0.3, 0.4) is 0 Å². The standard InChI is InChI=1S/C25H52O2/c1-3-24(2)20-16-12-8-4-5-9-13-17-21-25(27)22-18-14-10-6-7-11-15-19-23-26/h24-27H,3-23H2,1-2H3. The predicted molar refractivity (Wildman–Crippen MR) is 120 cm³/mol. The lowest BCUT2D eigenvalue weighted by Crippen LogP contribution is -2.05. The molecule has 0 aliphatic rings. The smallest absolute Gasteiger partial charge is 0.0540 e. The lowest BCUT2D eigenvalue weighted by atomic mass is 9.99. The first-order chi connectivity index (χ1) is 13.2. The Morgan fingerprint density at radius 2 is 0.852 bits per heavy atom. The highest BCUT2D eigenvalue weighted by atomic mass is 16.3. The minimum absolute atomic E-state index is 0.0601. The lowest BCUT2D eigenvalue weighted by Gasteiger charge is -2.10. The molecule has 2 nitrogen and oxygen atoms in total. The van der Waals surface area contributed by atoms with E-state index < -0.39 is 0 Å². The number of aliphatic hydroxyl groups is 2. The molecule has 164 valence electrons. The van der Waals surface area contributed by atoms with Crippen molar-refractivity contribution >= 4 is 0 Å². The van der Waals surface area contributed by atoms with Crippen molar-refractivity contribution in [3.05, 3.63) is 0 Å². The third-order valence-electron chi connectivity index (χ3n) is 6.13. The Bertz CT molecular complexity index is 267. The largest absolute Gasteiger partial charge is 0.396 e. The van der Waals surface area contributed by atoms with E-state index in [9.17, 15) is 5.11 Å². The molecule has 0 aromatic carbocycles. The molecule has 0 aliphatic carbocycles. The number of hydrogen-bond acceptors (Lipinski definition) is 2. The van der Waals surface area contributed by atoms with Crippen molar-refractivity contribution in [1.82, 2.24) is 0 Å². The summed E-state index contributed by atoms with van der Waals surface area (Å²) in [4.78, 5) is 0. The Kier molecular flexibility index (Phi) is 22.1. The van der Waals surface area contributed by atoms with Crippen LogP contribution in [0.1, 0.15) is 142 Å². The van der Waals surface area contributed by atoms with Gasteiger partial charge in [-0.1, -0.05) is 123 Å². The van der Waals surface area contributed by atoms with Crippen LogP contribution in [0.25, 0.3) is 0 Å². The van der Waals surface area contributed by atoms with E-state index >= 15 is 0 Å². The average molecular weight is 385 g/mol. The minimum Gasteiger partial charge on any atom is -0.396 e. The van der Waals surface area contributed by atoms with E-state index in [1.807, 2.05) is 0 Å². The van der Waals surface area contributed by atoms with E-state index in [-0.39, 0.29) is 6.10 Å². The normalized spacial score (nSPS) is 13.8. The van der Waals surface area contributed by atoms with Gasteiger partial charge < -0.3 is 10.2 Å². The predicted octanol–water partition coefficient (Wildman–Crippen LogP) is 7.80. The third-order valence-corrected chi connectivity index (χ3v) is 6.13. The van der Waals surface area contributed by atoms with Gasteiger partial charge in [0.1, 0.15) is 0 Å². The van der Waals surface area contributed by atoms with Crippen molar-refractivity contribution in [3.63, 3.8) is 0 Å². The van der Waals surface area contributed by atoms with Gasteiger partial charge in [0.15, 0.2) is 0 Å². The van der Waals surface area contributed by atoms with Gasteiger partial charge in [-0.15, -0.1) is 0 Å². The molecule has 2 unspecified atom stereocenters. The zero-order valence-electron chi connectivity index (χ0n) is 18.9. The molecule has 0 saturated heterocycles. The zero-order valence-corrected chi connectivity index (χ0v) is 18.9. The second-order valence-electron chi connectivity index (χ2n) is 8.91. The summed E-state index contributed by atoms with van der Waals surface area (Å²) in [5.74, 6) is 0.916. The third kappa shape index (κ3) is 22.1. The Morgan fingerprint density at radius 1 is 0.519 bits per heavy atom. The monoisotopic (exact) mass is 384 g/mol. The zero-order chi connectivity index (χ0) is 20.0. The van der Waals surface area contributed by atoms with Crippen LogP contribution in [-0.2, 0) is 0 Å². The number of unbranched alkanes of at least 4 members (excludes halogenated alkanes) is 14. The van der Waals surface area contributed by atoms with Crippen molar-refractivity contribution < 1.29 is 10.2 Å². The molecule has 0 bridgehead atoms. The highest BCUT2D eigenvalue weighted by molar-refractivity contribution is 4.58. The Labute approximate surface area is 171 Å². The first-order valence-electron chi connectivity index (χ1n) is 12.5. The molecule has 2 N–H and O–H groups in total. The van der Waals surface area contributed by atoms with Gasteiger partial charge in [0.25, 0.3) is 0 Å². The second-order valence-corrected chi connectivity index (χ2v) is 8.91. The summed E-state index contributed by atoms with van der Waals surface area (Å²) in [6, 6.07) is 0. The summed E-state index contributed by atoms with van der Waals surface area (Å²) >= 11 is 0. The first-order valence-corrected chi connectivity index (χ1v) is 12.5. The van der Waals surface area contributed by atoms with Crippen molar-refractivity contribution in [2.24, 2.45) is 5.92 Å². The summed E-state index contributed by atoms with van der Waals surface area (Å²) < 4.78 is 0. The van der Waals surface area contributed by atoms with Crippen LogP contribution in [0, 0.1) is 5.92 Å². The van der Waals surface area contributed by atoms with E-state index in [0.29, 0.717) is 6.61 Å². The topological polar surface area (TPSA) is 40.5 Å². The second kappa shape index (κ2) is 22.2. The molecule has 0 aromatic heterocycles. The van der Waals surface area contributed by atoms with Crippen LogP contribution in [0.4, 0.5) is 0 Å². The highest BCUT2D eigenvalue weighted by Crippen LogP contribution is 2.16. The van der Waals surface area contributed by atoms with Crippen LogP contribution >= 0.6 is 0 Å². The van der Waals surface area contributed by atoms with Gasteiger partial charge in [-0.05, 0) is 25.2 Å². The molecule has 0 amide bonds. The molecule has 0 radical (unpaired) electrons. The number of aliphatic hydroxyl groups excluding tert-OH is 2. The van der Waals surface area contributed by atoms with Crippen molar-refractivity contribution in [3.8, 4) is 0 Å². The fraction of sp³-hybridized carbons (Fsp3) is 1.00. The number of hydrogen-bond donors (Lipinski definition) is 2. The van der Waals surface area contributed by atoms with Crippen molar-refractivity contribution in [2.45, 2.75) is 148 Å². The summed E-state index contributed by atoms with van der Waals surface area (Å²) in [6.45, 7) is 5.01. The number of rotatable bonds is 22. The van der Waals surface area contributed by atoms with E-state index in [1.54, 1.807) is 0 Å². The molecule has 0 aromatic rings. The van der Waals surface area contributed by atoms with Gasteiger partial charge >= 0.3 is 0 Å². The summed E-state index contributed by atoms with van der Waals surface area (Å²) in [5, 5.41) is 18.8. The molecular weight excluding hydrogens is 332 g/mol. The lowest BCUT2D eigenvalue weighted by molar-refractivity contribution is 0.147. The van der Waals surface area contributed by atoms with Gasteiger partial charge in [0.05, 0.1) is 6.10 Å². The van der Waals surface area contributed by atoms with Gasteiger partial charge in [-0.25, -0.2) is 0 Å². The molecule has 0 fully saturated rings. The quantitative estimate of drug-likeness (QED) is 0.187.